The van der Waals surface area contributed by atoms with Crippen molar-refractivity contribution < 1.29 is 4.42 Å². The molecule has 0 amide bonds. The van der Waals surface area contributed by atoms with Crippen LogP contribution in [0, 0.1) is 0 Å². The Morgan fingerprint density at radius 2 is 2.00 bits per heavy atom. The van der Waals surface area contributed by atoms with Crippen LogP contribution in [0.2, 0.25) is 0 Å². The molecule has 18 heavy (non-hydrogen) atoms. The van der Waals surface area contributed by atoms with Gasteiger partial charge in [-0.05, 0) is 24.6 Å². The van der Waals surface area contributed by atoms with Gasteiger partial charge in [0.15, 0.2) is 0 Å². The predicted octanol–water partition coefficient (Wildman–Crippen LogP) is 3.21. The van der Waals surface area contributed by atoms with Crippen molar-refractivity contribution in [3.8, 4) is 11.3 Å². The second-order valence-electron chi connectivity index (χ2n) is 4.20. The van der Waals surface area contributed by atoms with Gasteiger partial charge in [0.2, 0.25) is 0 Å². The van der Waals surface area contributed by atoms with Crippen LogP contribution in [-0.4, -0.2) is 12.0 Å². The van der Waals surface area contributed by atoms with Crippen molar-refractivity contribution in [3.05, 3.63) is 54.6 Å². The van der Waals surface area contributed by atoms with Gasteiger partial charge in [-0.2, -0.15) is 0 Å². The first kappa shape index (κ1) is 11.0. The highest BCUT2D eigenvalue weighted by Gasteiger charge is 2.08. The Hall–Kier alpha value is -2.13. The molecule has 0 spiro atoms. The number of pyridine rings is 1. The maximum absolute atomic E-state index is 5.82. The van der Waals surface area contributed by atoms with Crippen LogP contribution < -0.4 is 5.32 Å². The van der Waals surface area contributed by atoms with Crippen LogP contribution in [0.1, 0.15) is 5.76 Å². The molecule has 1 N–H and O–H groups in total. The number of benzene rings is 1. The summed E-state index contributed by atoms with van der Waals surface area (Å²) in [4.78, 5) is 4.27. The fourth-order valence-corrected chi connectivity index (χ4v) is 2.10. The van der Waals surface area contributed by atoms with E-state index in [-0.39, 0.29) is 0 Å². The molecule has 0 aliphatic rings. The number of rotatable bonds is 3. The molecule has 0 unspecified atom stereocenters. The van der Waals surface area contributed by atoms with E-state index in [1.807, 2.05) is 43.7 Å². The highest BCUT2D eigenvalue weighted by Crippen LogP contribution is 2.28. The molecular weight excluding hydrogens is 224 g/mol. The molecule has 1 aromatic carbocycles. The van der Waals surface area contributed by atoms with Gasteiger partial charge < -0.3 is 9.73 Å². The molecule has 0 radical (unpaired) electrons. The predicted molar refractivity (Wildman–Crippen MR) is 72.2 cm³/mol. The zero-order valence-electron chi connectivity index (χ0n) is 10.2. The highest BCUT2D eigenvalue weighted by atomic mass is 16.3. The molecule has 0 atom stereocenters. The minimum Gasteiger partial charge on any atom is -0.460 e. The van der Waals surface area contributed by atoms with Crippen molar-refractivity contribution in [2.24, 2.45) is 0 Å². The molecule has 0 bridgehead atoms. The minimum absolute atomic E-state index is 0.734. The lowest BCUT2D eigenvalue weighted by Gasteiger charge is -2.03. The van der Waals surface area contributed by atoms with Gasteiger partial charge in [0.05, 0.1) is 6.54 Å². The van der Waals surface area contributed by atoms with Gasteiger partial charge in [0.25, 0.3) is 0 Å². The van der Waals surface area contributed by atoms with Crippen LogP contribution in [0.3, 0.4) is 0 Å². The van der Waals surface area contributed by atoms with Gasteiger partial charge in [-0.25, -0.2) is 0 Å². The lowest BCUT2D eigenvalue weighted by Crippen LogP contribution is -2.03. The van der Waals surface area contributed by atoms with Gasteiger partial charge in [-0.3, -0.25) is 4.98 Å². The zero-order chi connectivity index (χ0) is 12.4. The van der Waals surface area contributed by atoms with Gasteiger partial charge in [-0.15, -0.1) is 0 Å². The van der Waals surface area contributed by atoms with E-state index in [0.29, 0.717) is 0 Å². The number of furan rings is 1. The molecular formula is C15H14N2O. The Bertz CT molecular complexity index is 668. The fourth-order valence-electron chi connectivity index (χ4n) is 2.10. The second-order valence-corrected chi connectivity index (χ2v) is 4.20. The Morgan fingerprint density at radius 3 is 2.89 bits per heavy atom. The average molecular weight is 238 g/mol. The van der Waals surface area contributed by atoms with Gasteiger partial charge in [-0.1, -0.05) is 24.3 Å². The second kappa shape index (κ2) is 4.63. The lowest BCUT2D eigenvalue weighted by molar-refractivity contribution is 0.507. The normalized spacial score (nSPS) is 10.9. The summed E-state index contributed by atoms with van der Waals surface area (Å²) in [6.45, 7) is 0.734. The smallest absolute Gasteiger partial charge is 0.136 e. The standard InChI is InChI=1S/C15H14N2O/c1-16-9-12-6-7-15(18-12)14-10-17-8-11-4-2-3-5-13(11)14/h2-8,10,16H,9H2,1H3. The topological polar surface area (TPSA) is 38.1 Å². The van der Waals surface area contributed by atoms with Crippen LogP contribution >= 0.6 is 0 Å². The van der Waals surface area contributed by atoms with Crippen LogP contribution in [0.5, 0.6) is 0 Å². The molecule has 3 heteroatoms. The molecule has 0 aliphatic carbocycles. The summed E-state index contributed by atoms with van der Waals surface area (Å²) in [5.41, 5.74) is 1.04. The van der Waals surface area contributed by atoms with Crippen molar-refractivity contribution in [2.45, 2.75) is 6.54 Å². The first-order valence-electron chi connectivity index (χ1n) is 5.95. The highest BCUT2D eigenvalue weighted by molar-refractivity contribution is 5.94. The monoisotopic (exact) mass is 238 g/mol. The molecule has 2 heterocycles. The average Bonchev–Trinajstić information content (AvgIpc) is 2.87. The summed E-state index contributed by atoms with van der Waals surface area (Å²) in [6.07, 6.45) is 3.72. The Morgan fingerprint density at radius 1 is 1.11 bits per heavy atom. The largest absolute Gasteiger partial charge is 0.460 e. The fraction of sp³-hybridized carbons (Fsp3) is 0.133. The molecule has 0 fully saturated rings. The van der Waals surface area contributed by atoms with E-state index < -0.39 is 0 Å². The first-order chi connectivity index (χ1) is 8.88. The quantitative estimate of drug-likeness (QED) is 0.761. The number of nitrogens with zero attached hydrogens (tertiary/aromatic N) is 1. The van der Waals surface area contributed by atoms with Crippen LogP contribution in [0.15, 0.2) is 53.2 Å². The molecule has 0 saturated heterocycles. The van der Waals surface area contributed by atoms with Crippen molar-refractivity contribution in [2.75, 3.05) is 7.05 Å². The third kappa shape index (κ3) is 1.89. The number of hydrogen-bond acceptors (Lipinski definition) is 3. The Kier molecular flexibility index (Phi) is 2.82. The first-order valence-corrected chi connectivity index (χ1v) is 5.95. The third-order valence-corrected chi connectivity index (χ3v) is 2.95. The summed E-state index contributed by atoms with van der Waals surface area (Å²) in [7, 11) is 1.90. The minimum atomic E-state index is 0.734. The van der Waals surface area contributed by atoms with Crippen LogP contribution in [0.25, 0.3) is 22.1 Å². The molecule has 90 valence electrons. The van der Waals surface area contributed by atoms with E-state index in [4.69, 9.17) is 4.42 Å². The van der Waals surface area contributed by atoms with Crippen LogP contribution in [0.4, 0.5) is 0 Å². The van der Waals surface area contributed by atoms with E-state index in [2.05, 4.69) is 22.4 Å². The van der Waals surface area contributed by atoms with Gasteiger partial charge in [0.1, 0.15) is 11.5 Å². The van der Waals surface area contributed by atoms with E-state index in [9.17, 15) is 0 Å². The third-order valence-electron chi connectivity index (χ3n) is 2.95. The molecule has 0 saturated carbocycles. The maximum Gasteiger partial charge on any atom is 0.136 e. The summed E-state index contributed by atoms with van der Waals surface area (Å²) in [5, 5.41) is 5.37. The van der Waals surface area contributed by atoms with Gasteiger partial charge in [0, 0.05) is 23.3 Å². The molecule has 2 aromatic heterocycles. The molecule has 0 aliphatic heterocycles. The molecule has 3 aromatic rings. The maximum atomic E-state index is 5.82. The number of hydrogen-bond donors (Lipinski definition) is 1. The van der Waals surface area contributed by atoms with Crippen molar-refractivity contribution in [1.82, 2.24) is 10.3 Å². The Balaban J connectivity index is 2.12. The summed E-state index contributed by atoms with van der Waals surface area (Å²) < 4.78 is 5.82. The SMILES string of the molecule is CNCc1ccc(-c2cncc3ccccc23)o1. The zero-order valence-corrected chi connectivity index (χ0v) is 10.2. The van der Waals surface area contributed by atoms with Crippen molar-refractivity contribution >= 4 is 10.8 Å². The van der Waals surface area contributed by atoms with Crippen molar-refractivity contribution in [1.29, 1.82) is 0 Å². The van der Waals surface area contributed by atoms with E-state index >= 15 is 0 Å². The van der Waals surface area contributed by atoms with Gasteiger partial charge >= 0.3 is 0 Å². The summed E-state index contributed by atoms with van der Waals surface area (Å²) >= 11 is 0. The Labute approximate surface area is 105 Å². The number of fused-ring (bicyclic) bond motifs is 1. The molecule has 3 nitrogen and oxygen atoms in total. The number of aromatic nitrogens is 1. The van der Waals surface area contributed by atoms with E-state index in [1.165, 1.54) is 0 Å². The van der Waals surface area contributed by atoms with Crippen LogP contribution in [-0.2, 0) is 6.54 Å². The lowest BCUT2D eigenvalue weighted by atomic mass is 10.1. The van der Waals surface area contributed by atoms with Crippen molar-refractivity contribution in [3.63, 3.8) is 0 Å². The van der Waals surface area contributed by atoms with E-state index in [0.717, 1.165) is 34.4 Å². The number of nitrogens with one attached hydrogen (secondary N) is 1. The molecule has 3 rings (SSSR count). The van der Waals surface area contributed by atoms with E-state index in [1.54, 1.807) is 0 Å². The summed E-state index contributed by atoms with van der Waals surface area (Å²) in [6, 6.07) is 12.2. The summed E-state index contributed by atoms with van der Waals surface area (Å²) in [5.74, 6) is 1.80.